The van der Waals surface area contributed by atoms with E-state index in [1.54, 1.807) is 22.4 Å². The molecule has 1 amide bonds. The van der Waals surface area contributed by atoms with Crippen LogP contribution in [0.15, 0.2) is 40.3 Å². The maximum atomic E-state index is 12.6. The Morgan fingerprint density at radius 1 is 1.30 bits per heavy atom. The van der Waals surface area contributed by atoms with Crippen LogP contribution >= 0.6 is 11.8 Å². The zero-order chi connectivity index (χ0) is 19.8. The smallest absolute Gasteiger partial charge is 0.254 e. The molecule has 2 aromatic rings. The van der Waals surface area contributed by atoms with Crippen molar-refractivity contribution in [1.82, 2.24) is 9.55 Å². The topological polar surface area (TPSA) is 67.2 Å². The minimum Gasteiger partial charge on any atom is -0.378 e. The second-order valence-electron chi connectivity index (χ2n) is 8.04. The lowest BCUT2D eigenvalue weighted by Gasteiger charge is -2.19. The summed E-state index contributed by atoms with van der Waals surface area (Å²) < 4.78 is 1.66. The van der Waals surface area contributed by atoms with Gasteiger partial charge in [-0.3, -0.25) is 14.2 Å². The predicted octanol–water partition coefficient (Wildman–Crippen LogP) is 3.28. The maximum Gasteiger partial charge on any atom is 0.254 e. The van der Waals surface area contributed by atoms with E-state index in [1.165, 1.54) is 0 Å². The second kappa shape index (κ2) is 7.38. The van der Waals surface area contributed by atoms with Crippen LogP contribution in [-0.2, 0) is 10.2 Å². The highest BCUT2D eigenvalue weighted by Crippen LogP contribution is 2.33. The lowest BCUT2D eigenvalue weighted by atomic mass is 9.92. The molecule has 27 heavy (non-hydrogen) atoms. The molecule has 0 saturated heterocycles. The monoisotopic (exact) mass is 386 g/mol. The fraction of sp³-hybridized carbons (Fsp3) is 0.450. The second-order valence-corrected chi connectivity index (χ2v) is 9.03. The number of nitrogens with one attached hydrogen (secondary N) is 1. The molecule has 0 bridgehead atoms. The first-order chi connectivity index (χ1) is 12.6. The van der Waals surface area contributed by atoms with Gasteiger partial charge < -0.3 is 10.2 Å². The van der Waals surface area contributed by atoms with Crippen LogP contribution in [0.1, 0.15) is 38.9 Å². The molecule has 0 spiro atoms. The van der Waals surface area contributed by atoms with Crippen molar-refractivity contribution in [3.8, 4) is 0 Å². The van der Waals surface area contributed by atoms with Crippen LogP contribution in [-0.4, -0.2) is 35.3 Å². The summed E-state index contributed by atoms with van der Waals surface area (Å²) in [5, 5.41) is 3.63. The van der Waals surface area contributed by atoms with Gasteiger partial charge in [0, 0.05) is 49.1 Å². The Labute approximate surface area is 164 Å². The van der Waals surface area contributed by atoms with E-state index in [0.29, 0.717) is 10.9 Å². The van der Waals surface area contributed by atoms with Gasteiger partial charge in [-0.15, -0.1) is 0 Å². The van der Waals surface area contributed by atoms with Gasteiger partial charge in [0.2, 0.25) is 5.91 Å². The Bertz CT molecular complexity index is 898. The van der Waals surface area contributed by atoms with Gasteiger partial charge in [0.25, 0.3) is 5.56 Å². The zero-order valence-electron chi connectivity index (χ0n) is 16.4. The van der Waals surface area contributed by atoms with Gasteiger partial charge >= 0.3 is 0 Å². The Hall–Kier alpha value is -2.28. The number of hydrogen-bond acceptors (Lipinski definition) is 5. The fourth-order valence-corrected chi connectivity index (χ4v) is 4.11. The SMILES string of the molecule is CN(C)c1ccc(NC(=O)CC2CSc3nc(C(C)(C)C)cc(=O)n32)cc1. The first kappa shape index (κ1) is 19.5. The largest absolute Gasteiger partial charge is 0.378 e. The van der Waals surface area contributed by atoms with Crippen molar-refractivity contribution in [2.45, 2.75) is 43.8 Å². The molecule has 7 heteroatoms. The van der Waals surface area contributed by atoms with Gasteiger partial charge in [0.15, 0.2) is 5.16 Å². The maximum absolute atomic E-state index is 12.6. The number of hydrogen-bond donors (Lipinski definition) is 1. The lowest BCUT2D eigenvalue weighted by molar-refractivity contribution is -0.116. The number of benzene rings is 1. The summed E-state index contributed by atoms with van der Waals surface area (Å²) in [5.74, 6) is 0.584. The van der Waals surface area contributed by atoms with E-state index in [-0.39, 0.29) is 29.3 Å². The summed E-state index contributed by atoms with van der Waals surface area (Å²) in [7, 11) is 3.94. The van der Waals surface area contributed by atoms with Crippen LogP contribution in [0.4, 0.5) is 11.4 Å². The van der Waals surface area contributed by atoms with Crippen LogP contribution < -0.4 is 15.8 Å². The van der Waals surface area contributed by atoms with Gasteiger partial charge in [-0.05, 0) is 24.3 Å². The van der Waals surface area contributed by atoms with Crippen LogP contribution in [0, 0.1) is 0 Å². The molecule has 6 nitrogen and oxygen atoms in total. The molecule has 1 aromatic heterocycles. The van der Waals surface area contributed by atoms with Crippen molar-refractivity contribution >= 4 is 29.0 Å². The van der Waals surface area contributed by atoms with Gasteiger partial charge in [0.1, 0.15) is 0 Å². The molecule has 2 heterocycles. The molecule has 0 fully saturated rings. The standard InChI is InChI=1S/C20H26N4O2S/c1-20(2,3)16-11-18(26)24-15(12-27-19(24)22-16)10-17(25)21-13-6-8-14(9-7-13)23(4)5/h6-9,11,15H,10,12H2,1-5H3,(H,21,25). The molecule has 0 radical (unpaired) electrons. The van der Waals surface area contributed by atoms with E-state index in [1.807, 2.05) is 64.0 Å². The molecule has 1 aliphatic heterocycles. The number of rotatable bonds is 4. The van der Waals surface area contributed by atoms with Gasteiger partial charge in [-0.1, -0.05) is 32.5 Å². The molecule has 144 valence electrons. The van der Waals surface area contributed by atoms with E-state index in [4.69, 9.17) is 0 Å². The highest BCUT2D eigenvalue weighted by Gasteiger charge is 2.29. The number of carbonyl (C=O) groups excluding carboxylic acids is 1. The van der Waals surface area contributed by atoms with Gasteiger partial charge in [0.05, 0.1) is 11.7 Å². The summed E-state index contributed by atoms with van der Waals surface area (Å²) in [6.45, 7) is 6.12. The van der Waals surface area contributed by atoms with Crippen LogP contribution in [0.3, 0.4) is 0 Å². The summed E-state index contributed by atoms with van der Waals surface area (Å²) in [5.41, 5.74) is 2.36. The first-order valence-electron chi connectivity index (χ1n) is 8.99. The minimum atomic E-state index is -0.177. The van der Waals surface area contributed by atoms with E-state index in [9.17, 15) is 9.59 Å². The lowest BCUT2D eigenvalue weighted by Crippen LogP contribution is -2.29. The zero-order valence-corrected chi connectivity index (χ0v) is 17.3. The van der Waals surface area contributed by atoms with E-state index in [2.05, 4.69) is 10.3 Å². The van der Waals surface area contributed by atoms with Crippen molar-refractivity contribution in [3.05, 3.63) is 46.4 Å². The third kappa shape index (κ3) is 4.35. The van der Waals surface area contributed by atoms with Crippen molar-refractivity contribution in [1.29, 1.82) is 0 Å². The Kier molecular flexibility index (Phi) is 5.33. The van der Waals surface area contributed by atoms with Crippen LogP contribution in [0.2, 0.25) is 0 Å². The normalized spacial score (nSPS) is 16.1. The summed E-state index contributed by atoms with van der Waals surface area (Å²) in [6, 6.07) is 9.11. The molecule has 3 rings (SSSR count). The Morgan fingerprint density at radius 2 is 1.96 bits per heavy atom. The highest BCUT2D eigenvalue weighted by molar-refractivity contribution is 7.99. The van der Waals surface area contributed by atoms with Crippen molar-refractivity contribution < 1.29 is 4.79 Å². The molecular formula is C20H26N4O2S. The minimum absolute atomic E-state index is 0.0805. The molecule has 1 aliphatic rings. The third-order valence-electron chi connectivity index (χ3n) is 4.55. The van der Waals surface area contributed by atoms with Crippen molar-refractivity contribution in [2.24, 2.45) is 0 Å². The molecule has 1 unspecified atom stereocenters. The van der Waals surface area contributed by atoms with E-state index >= 15 is 0 Å². The fourth-order valence-electron chi connectivity index (χ4n) is 2.96. The number of anilines is 2. The number of thioether (sulfide) groups is 1. The molecular weight excluding hydrogens is 360 g/mol. The molecule has 1 aromatic carbocycles. The Morgan fingerprint density at radius 3 is 2.56 bits per heavy atom. The number of aromatic nitrogens is 2. The molecule has 1 atom stereocenters. The summed E-state index contributed by atoms with van der Waals surface area (Å²) in [4.78, 5) is 31.7. The van der Waals surface area contributed by atoms with Crippen molar-refractivity contribution in [2.75, 3.05) is 30.1 Å². The molecule has 0 saturated carbocycles. The number of nitrogens with zero attached hydrogens (tertiary/aromatic N) is 3. The van der Waals surface area contributed by atoms with E-state index < -0.39 is 0 Å². The van der Waals surface area contributed by atoms with Crippen LogP contribution in [0.5, 0.6) is 0 Å². The quantitative estimate of drug-likeness (QED) is 0.817. The number of fused-ring (bicyclic) bond motifs is 1. The average Bonchev–Trinajstić information content (AvgIpc) is 2.97. The summed E-state index contributed by atoms with van der Waals surface area (Å²) >= 11 is 1.54. The van der Waals surface area contributed by atoms with Crippen LogP contribution in [0.25, 0.3) is 0 Å². The highest BCUT2D eigenvalue weighted by atomic mass is 32.2. The predicted molar refractivity (Wildman–Crippen MR) is 111 cm³/mol. The first-order valence-corrected chi connectivity index (χ1v) is 9.98. The average molecular weight is 387 g/mol. The van der Waals surface area contributed by atoms with E-state index in [0.717, 1.165) is 17.1 Å². The van der Waals surface area contributed by atoms with Gasteiger partial charge in [-0.25, -0.2) is 4.98 Å². The molecule has 0 aliphatic carbocycles. The Balaban J connectivity index is 1.71. The van der Waals surface area contributed by atoms with Gasteiger partial charge in [-0.2, -0.15) is 0 Å². The number of carbonyl (C=O) groups is 1. The number of amides is 1. The third-order valence-corrected chi connectivity index (χ3v) is 5.64. The molecule has 1 N–H and O–H groups in total. The summed E-state index contributed by atoms with van der Waals surface area (Å²) in [6.07, 6.45) is 0.256. The van der Waals surface area contributed by atoms with Crippen molar-refractivity contribution in [3.63, 3.8) is 0 Å².